The van der Waals surface area contributed by atoms with Gasteiger partial charge in [0, 0.05) is 12.6 Å². The number of hydrogen-bond acceptors (Lipinski definition) is 5. The second-order valence-corrected chi connectivity index (χ2v) is 11.3. The van der Waals surface area contributed by atoms with Gasteiger partial charge in [-0.05, 0) is 56.5 Å². The Morgan fingerprint density at radius 2 is 1.85 bits per heavy atom. The van der Waals surface area contributed by atoms with Crippen molar-refractivity contribution in [1.82, 2.24) is 4.98 Å². The SMILES string of the molecule is CCN1C(=CC=Cc2sc3ccc4ccccc4c3[n+]2CC)Sc2c1ccc1sc(C)nc21. The maximum Gasteiger partial charge on any atom is 0.262 e. The van der Waals surface area contributed by atoms with Crippen molar-refractivity contribution >= 4 is 77.4 Å². The first-order valence-corrected chi connectivity index (χ1v) is 13.7. The topological polar surface area (TPSA) is 20.0 Å². The van der Waals surface area contributed by atoms with Crippen molar-refractivity contribution in [1.29, 1.82) is 0 Å². The van der Waals surface area contributed by atoms with Gasteiger partial charge >= 0.3 is 0 Å². The van der Waals surface area contributed by atoms with Crippen LogP contribution >= 0.6 is 34.4 Å². The van der Waals surface area contributed by atoms with Crippen LogP contribution in [0.1, 0.15) is 23.9 Å². The third-order valence-corrected chi connectivity index (χ3v) is 9.31. The predicted molar refractivity (Wildman–Crippen MR) is 146 cm³/mol. The zero-order chi connectivity index (χ0) is 22.5. The molecule has 0 fully saturated rings. The number of rotatable bonds is 4. The van der Waals surface area contributed by atoms with Crippen LogP contribution in [0.15, 0.2) is 70.6 Å². The molecule has 6 rings (SSSR count). The van der Waals surface area contributed by atoms with Gasteiger partial charge in [-0.1, -0.05) is 53.4 Å². The van der Waals surface area contributed by atoms with Crippen molar-refractivity contribution in [3.8, 4) is 0 Å². The van der Waals surface area contributed by atoms with Gasteiger partial charge in [-0.2, -0.15) is 4.57 Å². The molecule has 33 heavy (non-hydrogen) atoms. The van der Waals surface area contributed by atoms with Crippen LogP contribution in [0, 0.1) is 6.92 Å². The van der Waals surface area contributed by atoms with E-state index in [1.807, 2.05) is 23.1 Å². The number of thiazole rings is 2. The van der Waals surface area contributed by atoms with E-state index in [0.29, 0.717) is 0 Å². The van der Waals surface area contributed by atoms with Crippen LogP contribution in [0.2, 0.25) is 0 Å². The smallest absolute Gasteiger partial charge is 0.262 e. The second-order valence-electron chi connectivity index (χ2n) is 8.02. The molecule has 0 aliphatic carbocycles. The highest BCUT2D eigenvalue weighted by Gasteiger charge is 2.27. The Hall–Kier alpha value is -2.67. The van der Waals surface area contributed by atoms with Gasteiger partial charge in [0.1, 0.15) is 11.2 Å². The standard InChI is InChI=1S/C27H24N3S3/c1-4-29-20-14-16-21-25(28-17(3)31-21)27(20)33-23(29)11-8-12-24-30(5-2)26-19-10-7-6-9-18(19)13-15-22(26)32-24/h6-16H,4-5H2,1-3H3/q+1. The van der Waals surface area contributed by atoms with Crippen LogP contribution in [-0.4, -0.2) is 11.5 Å². The van der Waals surface area contributed by atoms with Crippen molar-refractivity contribution in [2.75, 3.05) is 11.4 Å². The van der Waals surface area contributed by atoms with Crippen LogP contribution in [0.25, 0.3) is 37.3 Å². The molecule has 0 bridgehead atoms. The minimum atomic E-state index is 0.943. The number of anilines is 1. The zero-order valence-electron chi connectivity index (χ0n) is 18.8. The Bertz CT molecular complexity index is 1590. The predicted octanol–water partition coefficient (Wildman–Crippen LogP) is 7.77. The Balaban J connectivity index is 1.39. The first kappa shape index (κ1) is 20.9. The largest absolute Gasteiger partial charge is 0.335 e. The van der Waals surface area contributed by atoms with Crippen LogP contribution in [0.3, 0.4) is 0 Å². The average molecular weight is 487 g/mol. The molecule has 3 aromatic carbocycles. The maximum atomic E-state index is 4.81. The number of benzene rings is 3. The fourth-order valence-corrected chi connectivity index (χ4v) is 7.92. The lowest BCUT2D eigenvalue weighted by atomic mass is 10.1. The molecule has 2 aromatic heterocycles. The molecular formula is C27H24N3S3+. The number of aryl methyl sites for hydroxylation is 2. The number of nitrogens with zero attached hydrogens (tertiary/aromatic N) is 3. The van der Waals surface area contributed by atoms with E-state index < -0.39 is 0 Å². The summed E-state index contributed by atoms with van der Waals surface area (Å²) in [5.41, 5.74) is 3.76. The molecule has 3 nitrogen and oxygen atoms in total. The van der Waals surface area contributed by atoms with Gasteiger partial charge in [-0.15, -0.1) is 11.3 Å². The van der Waals surface area contributed by atoms with E-state index in [1.54, 1.807) is 11.3 Å². The van der Waals surface area contributed by atoms with Crippen molar-refractivity contribution in [2.24, 2.45) is 0 Å². The van der Waals surface area contributed by atoms with E-state index in [9.17, 15) is 0 Å². The van der Waals surface area contributed by atoms with E-state index in [-0.39, 0.29) is 0 Å². The normalized spacial score (nSPS) is 15.1. The summed E-state index contributed by atoms with van der Waals surface area (Å²) in [6.45, 7) is 8.43. The molecule has 0 saturated carbocycles. The number of aromatic nitrogens is 2. The lowest BCUT2D eigenvalue weighted by Gasteiger charge is -2.17. The first-order chi connectivity index (χ1) is 16.2. The van der Waals surface area contributed by atoms with E-state index in [0.717, 1.165) is 23.6 Å². The van der Waals surface area contributed by atoms with Crippen LogP contribution < -0.4 is 9.47 Å². The van der Waals surface area contributed by atoms with Gasteiger partial charge in [0.25, 0.3) is 5.01 Å². The second kappa shape index (κ2) is 8.28. The summed E-state index contributed by atoms with van der Waals surface area (Å²) in [6.07, 6.45) is 6.72. The molecule has 6 heteroatoms. The van der Waals surface area contributed by atoms with E-state index >= 15 is 0 Å². The lowest BCUT2D eigenvalue weighted by Crippen LogP contribution is -2.33. The molecule has 5 aromatic rings. The van der Waals surface area contributed by atoms with Gasteiger partial charge in [0.05, 0.1) is 36.2 Å². The molecule has 0 atom stereocenters. The summed E-state index contributed by atoms with van der Waals surface area (Å²) in [5.74, 6) is 0. The maximum absolute atomic E-state index is 4.81. The highest BCUT2D eigenvalue weighted by Crippen LogP contribution is 2.49. The summed E-state index contributed by atoms with van der Waals surface area (Å²) < 4.78 is 5.04. The van der Waals surface area contributed by atoms with Gasteiger partial charge in [-0.25, -0.2) is 4.98 Å². The quantitative estimate of drug-likeness (QED) is 0.242. The molecule has 0 unspecified atom stereocenters. The molecule has 0 amide bonds. The third kappa shape index (κ3) is 3.39. The number of thioether (sulfide) groups is 1. The highest BCUT2D eigenvalue weighted by atomic mass is 32.2. The Kier molecular flexibility index (Phi) is 5.24. The third-order valence-electron chi connectivity index (χ3n) is 6.09. The van der Waals surface area contributed by atoms with Crippen LogP contribution in [-0.2, 0) is 6.54 Å². The van der Waals surface area contributed by atoms with Crippen molar-refractivity contribution in [3.05, 3.63) is 75.7 Å². The molecule has 0 radical (unpaired) electrons. The summed E-state index contributed by atoms with van der Waals surface area (Å²) in [4.78, 5) is 8.49. The summed E-state index contributed by atoms with van der Waals surface area (Å²) >= 11 is 5.47. The molecule has 0 N–H and O–H groups in total. The Morgan fingerprint density at radius 3 is 2.70 bits per heavy atom. The summed E-state index contributed by atoms with van der Waals surface area (Å²) in [7, 11) is 0. The molecule has 0 saturated heterocycles. The molecule has 3 heterocycles. The summed E-state index contributed by atoms with van der Waals surface area (Å²) in [5, 5.41) is 6.29. The first-order valence-electron chi connectivity index (χ1n) is 11.3. The van der Waals surface area contributed by atoms with Crippen molar-refractivity contribution < 1.29 is 4.57 Å². The van der Waals surface area contributed by atoms with E-state index in [4.69, 9.17) is 4.98 Å². The minimum Gasteiger partial charge on any atom is -0.335 e. The average Bonchev–Trinajstić information content (AvgIpc) is 3.50. The van der Waals surface area contributed by atoms with E-state index in [1.165, 1.54) is 46.3 Å². The van der Waals surface area contributed by atoms with Crippen LogP contribution in [0.5, 0.6) is 0 Å². The van der Waals surface area contributed by atoms with Crippen molar-refractivity contribution in [3.63, 3.8) is 0 Å². The fraction of sp³-hybridized carbons (Fsp3) is 0.185. The number of allylic oxidation sites excluding steroid dienone is 2. The Labute approximate surface area is 205 Å². The molecule has 1 aliphatic heterocycles. The fourth-order valence-electron chi connectivity index (χ4n) is 4.64. The monoisotopic (exact) mass is 486 g/mol. The summed E-state index contributed by atoms with van der Waals surface area (Å²) in [6, 6.07) is 17.6. The van der Waals surface area contributed by atoms with Gasteiger partial charge in [0.2, 0.25) is 5.52 Å². The van der Waals surface area contributed by atoms with Gasteiger partial charge < -0.3 is 4.90 Å². The molecule has 164 valence electrons. The minimum absolute atomic E-state index is 0.943. The highest BCUT2D eigenvalue weighted by molar-refractivity contribution is 8.04. The Morgan fingerprint density at radius 1 is 1.00 bits per heavy atom. The van der Waals surface area contributed by atoms with Crippen LogP contribution in [0.4, 0.5) is 5.69 Å². The van der Waals surface area contributed by atoms with E-state index in [2.05, 4.69) is 97.0 Å². The molecule has 0 spiro atoms. The molecular weight excluding hydrogens is 463 g/mol. The van der Waals surface area contributed by atoms with Gasteiger partial charge in [-0.3, -0.25) is 0 Å². The number of fused-ring (bicyclic) bond motifs is 6. The van der Waals surface area contributed by atoms with Crippen molar-refractivity contribution in [2.45, 2.75) is 32.2 Å². The lowest BCUT2D eigenvalue weighted by molar-refractivity contribution is -0.664. The van der Waals surface area contributed by atoms with Gasteiger partial charge in [0.15, 0.2) is 0 Å². The zero-order valence-corrected chi connectivity index (χ0v) is 21.3. The number of hydrogen-bond donors (Lipinski definition) is 0. The molecule has 1 aliphatic rings.